The van der Waals surface area contributed by atoms with Gasteiger partial charge in [-0.15, -0.1) is 0 Å². The molecule has 0 saturated carbocycles. The van der Waals surface area contributed by atoms with Gasteiger partial charge in [0.15, 0.2) is 0 Å². The fourth-order valence-electron chi connectivity index (χ4n) is 4.46. The van der Waals surface area contributed by atoms with E-state index in [2.05, 4.69) is 5.32 Å². The number of ether oxygens (including phenoxy) is 2. The molecule has 5 atom stereocenters. The molecule has 2 amide bonds. The van der Waals surface area contributed by atoms with Crippen LogP contribution >= 0.6 is 0 Å². The van der Waals surface area contributed by atoms with Gasteiger partial charge in [0.2, 0.25) is 11.8 Å². The summed E-state index contributed by atoms with van der Waals surface area (Å²) in [7, 11) is 1.29. The van der Waals surface area contributed by atoms with Gasteiger partial charge in [-0.2, -0.15) is 0 Å². The molecule has 0 aromatic rings. The van der Waals surface area contributed by atoms with Crippen LogP contribution in [0, 0.1) is 11.8 Å². The van der Waals surface area contributed by atoms with E-state index in [0.29, 0.717) is 32.1 Å². The summed E-state index contributed by atoms with van der Waals surface area (Å²) in [6.45, 7) is 6.80. The van der Waals surface area contributed by atoms with Crippen molar-refractivity contribution in [3.63, 3.8) is 0 Å². The summed E-state index contributed by atoms with van der Waals surface area (Å²) >= 11 is 0. The summed E-state index contributed by atoms with van der Waals surface area (Å²) in [5, 5.41) is 12.7. The second kappa shape index (κ2) is 10.4. The molecular weight excluding hydrogens is 404 g/mol. The number of methoxy groups -OCH3 is 1. The molecule has 9 heteroatoms. The molecule has 2 rings (SSSR count). The molecule has 0 aromatic carbocycles. The van der Waals surface area contributed by atoms with Gasteiger partial charge in [0.25, 0.3) is 0 Å². The number of carbonyl (C=O) groups is 4. The van der Waals surface area contributed by atoms with E-state index in [1.807, 2.05) is 0 Å². The fraction of sp³-hybridized carbons (Fsp3) is 0.818. The Bertz CT molecular complexity index is 688. The summed E-state index contributed by atoms with van der Waals surface area (Å²) in [5.74, 6) is -2.88. The van der Waals surface area contributed by atoms with E-state index in [1.54, 1.807) is 27.7 Å². The predicted octanol–water partition coefficient (Wildman–Crippen LogP) is 1.16. The van der Waals surface area contributed by atoms with E-state index in [9.17, 15) is 24.3 Å². The van der Waals surface area contributed by atoms with Crippen molar-refractivity contribution in [2.75, 3.05) is 13.7 Å². The maximum absolute atomic E-state index is 13.4. The van der Waals surface area contributed by atoms with Crippen LogP contribution in [0.25, 0.3) is 0 Å². The van der Waals surface area contributed by atoms with Crippen molar-refractivity contribution in [1.82, 2.24) is 10.2 Å². The van der Waals surface area contributed by atoms with Crippen LogP contribution in [-0.4, -0.2) is 71.2 Å². The van der Waals surface area contributed by atoms with Crippen LogP contribution < -0.4 is 5.32 Å². The molecule has 2 aliphatic rings. The third kappa shape index (κ3) is 6.18. The van der Waals surface area contributed by atoms with Crippen LogP contribution in [0.5, 0.6) is 0 Å². The monoisotopic (exact) mass is 440 g/mol. The highest BCUT2D eigenvalue weighted by atomic mass is 16.6. The summed E-state index contributed by atoms with van der Waals surface area (Å²) in [6.07, 6.45) is 2.69. The standard InChI is InChI=1S/C22H36N2O7/c1-6-13(11-17(26)31-22(2,3)4)19(27)23-18-14(12-25)7-8-15-9-10-16(21(29)30-5)24(15)20(18)28/h13-16,18,25H,6-12H2,1-5H3,(H,23,27)/t13-,14-,15+,16+,18+/m1/s1. The molecule has 9 nitrogen and oxygen atoms in total. The van der Waals surface area contributed by atoms with Crippen molar-refractivity contribution in [3.8, 4) is 0 Å². The molecule has 0 aliphatic carbocycles. The second-order valence-corrected chi connectivity index (χ2v) is 9.42. The highest BCUT2D eigenvalue weighted by Gasteiger charge is 2.48. The number of aliphatic hydroxyl groups excluding tert-OH is 1. The normalized spacial score (nSPS) is 27.2. The predicted molar refractivity (Wildman–Crippen MR) is 112 cm³/mol. The molecule has 2 heterocycles. The molecular formula is C22H36N2O7. The number of hydrogen-bond acceptors (Lipinski definition) is 7. The molecule has 2 fully saturated rings. The molecule has 2 N–H and O–H groups in total. The topological polar surface area (TPSA) is 122 Å². The highest BCUT2D eigenvalue weighted by Crippen LogP contribution is 2.34. The molecule has 2 saturated heterocycles. The van der Waals surface area contributed by atoms with Gasteiger partial charge in [0, 0.05) is 24.5 Å². The van der Waals surface area contributed by atoms with Gasteiger partial charge in [0.1, 0.15) is 17.7 Å². The van der Waals surface area contributed by atoms with Gasteiger partial charge in [-0.05, 0) is 52.9 Å². The van der Waals surface area contributed by atoms with Crippen molar-refractivity contribution < 1.29 is 33.8 Å². The summed E-state index contributed by atoms with van der Waals surface area (Å²) in [4.78, 5) is 52.3. The average Bonchev–Trinajstić information content (AvgIpc) is 3.07. The van der Waals surface area contributed by atoms with E-state index in [0.717, 1.165) is 0 Å². The van der Waals surface area contributed by atoms with Gasteiger partial charge in [0.05, 0.1) is 13.5 Å². The van der Waals surface area contributed by atoms with Crippen molar-refractivity contribution >= 4 is 23.8 Å². The van der Waals surface area contributed by atoms with Crippen LogP contribution in [0.2, 0.25) is 0 Å². The van der Waals surface area contributed by atoms with Gasteiger partial charge < -0.3 is 24.8 Å². The minimum Gasteiger partial charge on any atom is -0.467 e. The lowest BCUT2D eigenvalue weighted by Gasteiger charge is -2.31. The summed E-state index contributed by atoms with van der Waals surface area (Å²) < 4.78 is 10.2. The number of hydrogen-bond donors (Lipinski definition) is 2. The van der Waals surface area contributed by atoms with Crippen molar-refractivity contribution in [2.45, 2.75) is 89.9 Å². The molecule has 176 valence electrons. The second-order valence-electron chi connectivity index (χ2n) is 9.42. The van der Waals surface area contributed by atoms with Crippen molar-refractivity contribution in [1.29, 1.82) is 0 Å². The Labute approximate surface area is 183 Å². The molecule has 0 spiro atoms. The number of carbonyl (C=O) groups excluding carboxylic acids is 4. The lowest BCUT2D eigenvalue weighted by atomic mass is 9.93. The van der Waals surface area contributed by atoms with Crippen LogP contribution in [0.15, 0.2) is 0 Å². The summed E-state index contributed by atoms with van der Waals surface area (Å²) in [6, 6.07) is -1.75. The first-order valence-electron chi connectivity index (χ1n) is 11.0. The molecule has 0 radical (unpaired) electrons. The van der Waals surface area contributed by atoms with E-state index in [1.165, 1.54) is 12.0 Å². The minimum absolute atomic E-state index is 0.0958. The largest absolute Gasteiger partial charge is 0.467 e. The average molecular weight is 441 g/mol. The van der Waals surface area contributed by atoms with Crippen LogP contribution in [-0.2, 0) is 28.7 Å². The van der Waals surface area contributed by atoms with Gasteiger partial charge in [-0.1, -0.05) is 6.92 Å². The first kappa shape index (κ1) is 25.1. The molecule has 2 aliphatic heterocycles. The zero-order valence-electron chi connectivity index (χ0n) is 19.2. The number of nitrogens with zero attached hydrogens (tertiary/aromatic N) is 1. The third-order valence-electron chi connectivity index (χ3n) is 6.07. The zero-order valence-corrected chi connectivity index (χ0v) is 19.2. The number of rotatable bonds is 7. The Morgan fingerprint density at radius 1 is 1.19 bits per heavy atom. The molecule has 0 bridgehead atoms. The summed E-state index contributed by atoms with van der Waals surface area (Å²) in [5.41, 5.74) is -0.654. The quantitative estimate of drug-likeness (QED) is 0.570. The Morgan fingerprint density at radius 2 is 1.84 bits per heavy atom. The maximum atomic E-state index is 13.4. The Hall–Kier alpha value is -2.16. The zero-order chi connectivity index (χ0) is 23.3. The first-order chi connectivity index (χ1) is 14.5. The van der Waals surface area contributed by atoms with Crippen molar-refractivity contribution in [2.24, 2.45) is 11.8 Å². The van der Waals surface area contributed by atoms with E-state index < -0.39 is 47.4 Å². The Kier molecular flexibility index (Phi) is 8.45. The van der Waals surface area contributed by atoms with Crippen LogP contribution in [0.1, 0.15) is 66.2 Å². The van der Waals surface area contributed by atoms with E-state index >= 15 is 0 Å². The highest BCUT2D eigenvalue weighted by molar-refractivity contribution is 5.93. The maximum Gasteiger partial charge on any atom is 0.328 e. The third-order valence-corrected chi connectivity index (χ3v) is 6.07. The SMILES string of the molecule is CC[C@H](CC(=O)OC(C)(C)C)C(=O)N[C@@H]1C(=O)N2[C@@H](CC[C@@H]1CO)CC[C@H]2C(=O)OC. The van der Waals surface area contributed by atoms with Gasteiger partial charge in [-0.3, -0.25) is 14.4 Å². The number of nitrogens with one attached hydrogen (secondary N) is 1. The molecule has 0 aromatic heterocycles. The molecule has 31 heavy (non-hydrogen) atoms. The van der Waals surface area contributed by atoms with Gasteiger partial charge >= 0.3 is 11.9 Å². The fourth-order valence-corrected chi connectivity index (χ4v) is 4.46. The number of amides is 2. The lowest BCUT2D eigenvalue weighted by molar-refractivity contribution is -0.158. The van der Waals surface area contributed by atoms with E-state index in [4.69, 9.17) is 9.47 Å². The number of aliphatic hydroxyl groups is 1. The number of esters is 2. The lowest BCUT2D eigenvalue weighted by Crippen LogP contribution is -2.56. The van der Waals surface area contributed by atoms with Crippen LogP contribution in [0.3, 0.4) is 0 Å². The molecule has 0 unspecified atom stereocenters. The smallest absolute Gasteiger partial charge is 0.328 e. The Balaban J connectivity index is 2.17. The van der Waals surface area contributed by atoms with Gasteiger partial charge in [-0.25, -0.2) is 4.79 Å². The Morgan fingerprint density at radius 3 is 2.39 bits per heavy atom. The number of fused-ring (bicyclic) bond motifs is 1. The van der Waals surface area contributed by atoms with Crippen molar-refractivity contribution in [3.05, 3.63) is 0 Å². The minimum atomic E-state index is -0.958. The first-order valence-corrected chi connectivity index (χ1v) is 11.0. The van der Waals surface area contributed by atoms with Crippen LogP contribution in [0.4, 0.5) is 0 Å². The van der Waals surface area contributed by atoms with E-state index in [-0.39, 0.29) is 25.0 Å².